The van der Waals surface area contributed by atoms with E-state index >= 15 is 0 Å². The number of nitrogens with one attached hydrogen (secondary N) is 4. The van der Waals surface area contributed by atoms with Gasteiger partial charge in [-0.1, -0.05) is 173 Å². The Morgan fingerprint density at radius 3 is 0.715 bits per heavy atom. The summed E-state index contributed by atoms with van der Waals surface area (Å²) in [5, 5.41) is 11.1. The fourth-order valence-corrected chi connectivity index (χ4v) is 15.3. The molecule has 8 aromatic rings. The Bertz CT molecular complexity index is 4520. The van der Waals surface area contributed by atoms with Crippen LogP contribution in [-0.2, 0) is 71.5 Å². The Labute approximate surface area is 732 Å². The average Bonchev–Trinajstić information content (AvgIpc) is 1.59. The lowest BCUT2D eigenvalue weighted by Crippen LogP contribution is -2.39. The monoisotopic (exact) mass is 1690 g/mol. The molecule has 4 amide bonds. The lowest BCUT2D eigenvalue weighted by molar-refractivity contribution is -0.116. The molecule has 8 aliphatic rings. The highest BCUT2D eigenvalue weighted by Gasteiger charge is 2.33. The maximum atomic E-state index is 12.2. The van der Waals surface area contributed by atoms with Crippen LogP contribution in [0.25, 0.3) is 0 Å². The zero-order valence-corrected chi connectivity index (χ0v) is 69.7. The average molecular weight is 1690 g/mol. The summed E-state index contributed by atoms with van der Waals surface area (Å²) in [6.45, 7) is 23.7. The lowest BCUT2D eigenvalue weighted by Gasteiger charge is -2.30. The van der Waals surface area contributed by atoms with Crippen LogP contribution in [-0.4, -0.2) is 188 Å². The fourth-order valence-electron chi connectivity index (χ4n) is 15.3. The van der Waals surface area contributed by atoms with Crippen molar-refractivity contribution in [2.24, 2.45) is 0 Å². The number of aromatic nitrogens is 8. The molecule has 664 valence electrons. The zero-order chi connectivity index (χ0) is 87.2. The molecule has 4 atom stereocenters. The number of benzene rings is 4. The topological polar surface area (TPSA) is 386 Å². The molecule has 32 nitrogen and oxygen atoms in total. The van der Waals surface area contributed by atoms with E-state index in [1.54, 1.807) is 0 Å². The standard InChI is InChI=1S/4C22H30N6O2.3CH4/c4*1-2-3-12-30-22-25-20(23)19-21(26-22)28(15-18(29)24-19)14-17-8-6-16(7-9-17)13-27-10-4-5-11-27;;;/h4*6-9H,2-5,10-15H2,1H3,(H,24,29)(H2,23,25,26);3*1H4/i12D;3*3D;;;/t;2*3-;;;;/m.10..../s1. The second kappa shape index (κ2) is 46.7. The van der Waals surface area contributed by atoms with Gasteiger partial charge >= 0.3 is 24.0 Å². The first-order valence-corrected chi connectivity index (χ1v) is 42.4. The Balaban J connectivity index is 0.000000175. The molecule has 12 N–H and O–H groups in total. The summed E-state index contributed by atoms with van der Waals surface area (Å²) in [5.41, 5.74) is 35.4. The van der Waals surface area contributed by atoms with Crippen molar-refractivity contribution in [1.82, 2.24) is 59.5 Å². The summed E-state index contributed by atoms with van der Waals surface area (Å²) in [6.07, 6.45) is 12.6. The second-order valence-corrected chi connectivity index (χ2v) is 31.3. The van der Waals surface area contributed by atoms with Gasteiger partial charge in [-0.3, -0.25) is 38.8 Å². The van der Waals surface area contributed by atoms with E-state index in [9.17, 15) is 19.2 Å². The molecule has 0 radical (unpaired) electrons. The summed E-state index contributed by atoms with van der Waals surface area (Å²) in [6, 6.07) is 34.5. The number of nitrogens with zero attached hydrogens (tertiary/aromatic N) is 16. The minimum atomic E-state index is -0.753. The van der Waals surface area contributed by atoms with Crippen molar-refractivity contribution in [1.29, 1.82) is 0 Å². The highest BCUT2D eigenvalue weighted by molar-refractivity contribution is 6.05. The summed E-state index contributed by atoms with van der Waals surface area (Å²) >= 11 is 0. The normalized spacial score (nSPS) is 17.5. The number of carbonyl (C=O) groups is 4. The number of nitrogen functional groups attached to an aromatic ring is 4. The highest BCUT2D eigenvalue weighted by atomic mass is 16.5. The van der Waals surface area contributed by atoms with Crippen LogP contribution in [0.5, 0.6) is 24.0 Å². The van der Waals surface area contributed by atoms with Crippen LogP contribution in [0.3, 0.4) is 0 Å². The summed E-state index contributed by atoms with van der Waals surface area (Å²) < 4.78 is 53.7. The van der Waals surface area contributed by atoms with Gasteiger partial charge in [0.25, 0.3) is 0 Å². The van der Waals surface area contributed by atoms with E-state index < -0.39 is 6.58 Å². The van der Waals surface area contributed by atoms with E-state index in [2.05, 4.69) is 178 Å². The number of likely N-dealkylation sites (tertiary alicyclic amines) is 4. The SMILES string of the molecule is C.C.C.[2H]C(CC)COc1nc(N)c2c(n1)N(Cc1ccc(CN3CCCC3)cc1)CC(=O)N2.[2H]C(CCC)Oc1nc(N)c2c(n1)N(Cc1ccc(CN3CCCC3)cc1)CC(=O)N2.[2H][C@@H](CC)COc1nc(N)c2c(n1)N(Cc1ccc(CN3CCCC3)cc1)CC(=O)N2.[2H][C@H](CC)COc1nc(N)c2c(n1)N(Cc1ccc(CN3CCCC3)cc1)CC(=O)N2. The van der Waals surface area contributed by atoms with Crippen LogP contribution < -0.4 is 82.7 Å². The smallest absolute Gasteiger partial charge is 0.320 e. The Morgan fingerprint density at radius 2 is 0.512 bits per heavy atom. The van der Waals surface area contributed by atoms with Crippen LogP contribution >= 0.6 is 0 Å². The van der Waals surface area contributed by atoms with Crippen LogP contribution in [0.15, 0.2) is 97.1 Å². The Morgan fingerprint density at radius 1 is 0.309 bits per heavy atom. The van der Waals surface area contributed by atoms with Gasteiger partial charge in [-0.05, 0) is 174 Å². The third kappa shape index (κ3) is 26.8. The van der Waals surface area contributed by atoms with E-state index in [-0.39, 0.29) is 158 Å². The minimum absolute atomic E-state index is 0. The Kier molecular flexibility index (Phi) is 33.3. The van der Waals surface area contributed by atoms with E-state index in [4.69, 9.17) is 47.4 Å². The van der Waals surface area contributed by atoms with Crippen molar-refractivity contribution in [2.75, 3.05) is 169 Å². The van der Waals surface area contributed by atoms with Crippen molar-refractivity contribution in [3.63, 3.8) is 0 Å². The largest absolute Gasteiger partial charge is 0.463 e. The van der Waals surface area contributed by atoms with Crippen molar-refractivity contribution < 1.29 is 43.6 Å². The van der Waals surface area contributed by atoms with Crippen molar-refractivity contribution >= 4 is 92.9 Å². The molecular weight excluding hydrogens is 1560 g/mol. The molecule has 2 unspecified atom stereocenters. The number of anilines is 12. The first-order chi connectivity index (χ1) is 60.0. The van der Waals surface area contributed by atoms with Gasteiger partial charge in [-0.15, -0.1) is 0 Å². The number of rotatable bonds is 32. The molecule has 4 fully saturated rings. The zero-order valence-electron chi connectivity index (χ0n) is 73.7. The third-order valence-corrected chi connectivity index (χ3v) is 21.6. The third-order valence-electron chi connectivity index (χ3n) is 21.6. The number of ether oxygens (including phenoxy) is 4. The van der Waals surface area contributed by atoms with E-state index in [0.717, 1.165) is 54.9 Å². The molecule has 0 aliphatic carbocycles. The lowest BCUT2D eigenvalue weighted by atomic mass is 10.1. The highest BCUT2D eigenvalue weighted by Crippen LogP contribution is 2.39. The van der Waals surface area contributed by atoms with E-state index in [1.807, 2.05) is 47.3 Å². The van der Waals surface area contributed by atoms with Crippen LogP contribution in [0.2, 0.25) is 0 Å². The fraction of sp³-hybridized carbons (Fsp3) is 0.516. The maximum absolute atomic E-state index is 12.2. The van der Waals surface area contributed by atoms with Crippen LogP contribution in [0.4, 0.5) is 69.3 Å². The van der Waals surface area contributed by atoms with Gasteiger partial charge in [0.15, 0.2) is 46.5 Å². The van der Waals surface area contributed by atoms with Gasteiger partial charge in [0.2, 0.25) is 23.6 Å². The first kappa shape index (κ1) is 87.9. The van der Waals surface area contributed by atoms with Gasteiger partial charge < -0.3 is 82.7 Å². The molecule has 16 rings (SSSR count). The number of carbonyl (C=O) groups excluding carboxylic acids is 4. The van der Waals surface area contributed by atoms with Gasteiger partial charge in [-0.25, -0.2) is 0 Å². The summed E-state index contributed by atoms with van der Waals surface area (Å²) in [5.74, 6) is 2.16. The molecule has 0 saturated carbocycles. The molecule has 4 aromatic heterocycles. The molecule has 123 heavy (non-hydrogen) atoms. The van der Waals surface area contributed by atoms with E-state index in [0.29, 0.717) is 97.9 Å². The summed E-state index contributed by atoms with van der Waals surface area (Å²) in [4.78, 5) is 101. The predicted molar refractivity (Wildman–Crippen MR) is 490 cm³/mol. The molecular formula is C91H132N24O8. The van der Waals surface area contributed by atoms with Crippen molar-refractivity contribution in [3.8, 4) is 24.0 Å². The molecule has 12 heterocycles. The second-order valence-electron chi connectivity index (χ2n) is 31.3. The van der Waals surface area contributed by atoms with Gasteiger partial charge in [0.05, 0.1) is 54.0 Å². The molecule has 4 aromatic carbocycles. The van der Waals surface area contributed by atoms with Crippen LogP contribution in [0, 0.1) is 0 Å². The number of nitrogens with two attached hydrogens (primary N) is 4. The molecule has 0 bridgehead atoms. The minimum Gasteiger partial charge on any atom is -0.463 e. The van der Waals surface area contributed by atoms with Gasteiger partial charge in [0, 0.05) is 56.5 Å². The van der Waals surface area contributed by atoms with Crippen molar-refractivity contribution in [3.05, 3.63) is 142 Å². The quantitative estimate of drug-likeness (QED) is 0.0194. The predicted octanol–water partition coefficient (Wildman–Crippen LogP) is 13.1. The van der Waals surface area contributed by atoms with E-state index in [1.165, 1.54) is 126 Å². The van der Waals surface area contributed by atoms with Gasteiger partial charge in [-0.2, -0.15) is 39.9 Å². The van der Waals surface area contributed by atoms with Crippen molar-refractivity contribution in [2.45, 2.75) is 205 Å². The Hall–Kier alpha value is -11.5. The van der Waals surface area contributed by atoms with Gasteiger partial charge in [0.1, 0.15) is 22.7 Å². The summed E-state index contributed by atoms with van der Waals surface area (Å²) in [7, 11) is 0. The molecule has 32 heteroatoms. The number of amides is 4. The molecule has 4 saturated heterocycles. The number of fused-ring (bicyclic) bond motifs is 4. The van der Waals surface area contributed by atoms with Crippen LogP contribution in [0.1, 0.15) is 203 Å². The maximum Gasteiger partial charge on any atom is 0.320 e. The number of hydrogen-bond donors (Lipinski definition) is 8. The first-order valence-electron chi connectivity index (χ1n) is 44.7. The number of hydrogen-bond acceptors (Lipinski definition) is 28. The molecule has 0 spiro atoms. The molecule has 8 aliphatic heterocycles.